The lowest BCUT2D eigenvalue weighted by molar-refractivity contribution is -0.138. The van der Waals surface area contributed by atoms with E-state index in [1.807, 2.05) is 13.8 Å². The van der Waals surface area contributed by atoms with E-state index in [0.29, 0.717) is 0 Å². The number of nitrogens with zero attached hydrogens (tertiary/aromatic N) is 2. The van der Waals surface area contributed by atoms with Gasteiger partial charge >= 0.3 is 0 Å². The van der Waals surface area contributed by atoms with Gasteiger partial charge in [0.25, 0.3) is 0 Å². The Morgan fingerprint density at radius 3 is 2.25 bits per heavy atom. The van der Waals surface area contributed by atoms with Gasteiger partial charge in [-0.3, -0.25) is 4.79 Å². The van der Waals surface area contributed by atoms with Crippen LogP contribution >= 0.6 is 0 Å². The van der Waals surface area contributed by atoms with Gasteiger partial charge in [0.05, 0.1) is 6.07 Å². The van der Waals surface area contributed by atoms with Crippen LogP contribution in [0.15, 0.2) is 0 Å². The van der Waals surface area contributed by atoms with Crippen molar-refractivity contribution in [2.75, 3.05) is 7.05 Å². The second-order valence-corrected chi connectivity index (χ2v) is 4.76. The molecule has 0 radical (unpaired) electrons. The van der Waals surface area contributed by atoms with Gasteiger partial charge in [0.2, 0.25) is 5.91 Å². The molecule has 0 aromatic carbocycles. The Hall–Kier alpha value is -1.04. The molecule has 3 heteroatoms. The van der Waals surface area contributed by atoms with Crippen molar-refractivity contribution in [3.63, 3.8) is 0 Å². The fourth-order valence-corrected chi connectivity index (χ4v) is 2.60. The van der Waals surface area contributed by atoms with Crippen molar-refractivity contribution in [3.05, 3.63) is 0 Å². The number of rotatable bonds is 4. The third-order valence-electron chi connectivity index (χ3n) is 3.95. The lowest BCUT2D eigenvalue weighted by Crippen LogP contribution is -2.48. The molecule has 90 valence electrons. The molecule has 1 rings (SSSR count). The molecular weight excluding hydrogens is 200 g/mol. The first kappa shape index (κ1) is 13.0. The molecule has 1 aliphatic carbocycles. The summed E-state index contributed by atoms with van der Waals surface area (Å²) in [4.78, 5) is 14.0. The van der Waals surface area contributed by atoms with E-state index < -0.39 is 5.54 Å². The molecule has 0 aromatic rings. The Kier molecular flexibility index (Phi) is 4.35. The summed E-state index contributed by atoms with van der Waals surface area (Å²) in [6.07, 6.45) is 5.53. The molecule has 0 bridgehead atoms. The van der Waals surface area contributed by atoms with Crippen molar-refractivity contribution in [2.24, 2.45) is 5.92 Å². The summed E-state index contributed by atoms with van der Waals surface area (Å²) in [6, 6.07) is 2.37. The van der Waals surface area contributed by atoms with Crippen molar-refractivity contribution in [1.29, 1.82) is 5.26 Å². The van der Waals surface area contributed by atoms with Crippen LogP contribution in [0.2, 0.25) is 0 Å². The van der Waals surface area contributed by atoms with E-state index in [1.165, 1.54) is 0 Å². The molecule has 0 atom stereocenters. The third kappa shape index (κ3) is 2.21. The number of carbonyl (C=O) groups excluding carboxylic acids is 1. The van der Waals surface area contributed by atoms with E-state index in [-0.39, 0.29) is 11.8 Å². The summed E-state index contributed by atoms with van der Waals surface area (Å²) in [6.45, 7) is 4.07. The van der Waals surface area contributed by atoms with E-state index in [4.69, 9.17) is 0 Å². The molecule has 0 aromatic heterocycles. The number of hydrogen-bond donors (Lipinski definition) is 0. The summed E-state index contributed by atoms with van der Waals surface area (Å²) >= 11 is 0. The van der Waals surface area contributed by atoms with Gasteiger partial charge in [-0.2, -0.15) is 5.26 Å². The topological polar surface area (TPSA) is 44.1 Å². The average molecular weight is 222 g/mol. The second-order valence-electron chi connectivity index (χ2n) is 4.76. The van der Waals surface area contributed by atoms with Gasteiger partial charge in [-0.1, -0.05) is 13.8 Å². The fraction of sp³-hybridized carbons (Fsp3) is 0.846. The first-order chi connectivity index (χ1) is 7.61. The Labute approximate surface area is 98.4 Å². The van der Waals surface area contributed by atoms with Crippen LogP contribution in [0.25, 0.3) is 0 Å². The van der Waals surface area contributed by atoms with Crippen molar-refractivity contribution in [3.8, 4) is 6.07 Å². The van der Waals surface area contributed by atoms with Gasteiger partial charge in [0.1, 0.15) is 5.54 Å². The van der Waals surface area contributed by atoms with Gasteiger partial charge < -0.3 is 4.90 Å². The highest BCUT2D eigenvalue weighted by Crippen LogP contribution is 2.35. The minimum atomic E-state index is -0.514. The Morgan fingerprint density at radius 1 is 1.38 bits per heavy atom. The van der Waals surface area contributed by atoms with Crippen LogP contribution in [0.1, 0.15) is 52.4 Å². The van der Waals surface area contributed by atoms with E-state index >= 15 is 0 Å². The minimum absolute atomic E-state index is 0.0795. The number of nitriles is 1. The van der Waals surface area contributed by atoms with Crippen LogP contribution in [0.3, 0.4) is 0 Å². The molecule has 1 amide bonds. The van der Waals surface area contributed by atoms with Crippen LogP contribution in [0.4, 0.5) is 0 Å². The zero-order valence-corrected chi connectivity index (χ0v) is 10.6. The fourth-order valence-electron chi connectivity index (χ4n) is 2.60. The van der Waals surface area contributed by atoms with Crippen molar-refractivity contribution < 1.29 is 4.79 Å². The van der Waals surface area contributed by atoms with E-state index in [0.717, 1.165) is 38.5 Å². The molecular formula is C13H22N2O. The van der Waals surface area contributed by atoms with Gasteiger partial charge in [-0.05, 0) is 38.5 Å². The first-order valence-electron chi connectivity index (χ1n) is 6.30. The molecule has 3 nitrogen and oxygen atoms in total. The maximum absolute atomic E-state index is 12.2. The predicted octanol–water partition coefficient (Wildman–Crippen LogP) is 2.72. The maximum atomic E-state index is 12.2. The lowest BCUT2D eigenvalue weighted by atomic mass is 9.94. The van der Waals surface area contributed by atoms with E-state index in [2.05, 4.69) is 6.07 Å². The van der Waals surface area contributed by atoms with Gasteiger partial charge in [-0.25, -0.2) is 0 Å². The lowest BCUT2D eigenvalue weighted by Gasteiger charge is -2.34. The average Bonchev–Trinajstić information content (AvgIpc) is 2.79. The van der Waals surface area contributed by atoms with Crippen molar-refractivity contribution in [1.82, 2.24) is 4.90 Å². The highest BCUT2D eigenvalue weighted by molar-refractivity contribution is 5.79. The standard InChI is InChI=1S/C13H22N2O/c1-4-11(5-2)12(16)15(3)13(10-14)8-6-7-9-13/h11H,4-9H2,1-3H3. The van der Waals surface area contributed by atoms with Crippen molar-refractivity contribution >= 4 is 5.91 Å². The minimum Gasteiger partial charge on any atom is -0.327 e. The highest BCUT2D eigenvalue weighted by atomic mass is 16.2. The van der Waals surface area contributed by atoms with Crippen LogP contribution < -0.4 is 0 Å². The van der Waals surface area contributed by atoms with Crippen LogP contribution in [0.5, 0.6) is 0 Å². The Morgan fingerprint density at radius 2 is 1.88 bits per heavy atom. The number of amides is 1. The third-order valence-corrected chi connectivity index (χ3v) is 3.95. The smallest absolute Gasteiger partial charge is 0.226 e. The summed E-state index contributed by atoms with van der Waals surface area (Å²) in [7, 11) is 1.80. The summed E-state index contributed by atoms with van der Waals surface area (Å²) in [5.41, 5.74) is -0.514. The first-order valence-corrected chi connectivity index (χ1v) is 6.30. The Balaban J connectivity index is 2.80. The summed E-state index contributed by atoms with van der Waals surface area (Å²) in [5.74, 6) is 0.226. The maximum Gasteiger partial charge on any atom is 0.226 e. The van der Waals surface area contributed by atoms with Gasteiger partial charge in [-0.15, -0.1) is 0 Å². The molecule has 1 fully saturated rings. The zero-order chi connectivity index (χ0) is 12.2. The Bertz CT molecular complexity index is 283. The predicted molar refractivity (Wildman–Crippen MR) is 63.7 cm³/mol. The summed E-state index contributed by atoms with van der Waals surface area (Å²) in [5, 5.41) is 9.32. The molecule has 0 heterocycles. The molecule has 0 N–H and O–H groups in total. The molecule has 0 aliphatic heterocycles. The molecule has 1 saturated carbocycles. The van der Waals surface area contributed by atoms with Crippen LogP contribution in [-0.2, 0) is 4.79 Å². The van der Waals surface area contributed by atoms with Crippen LogP contribution in [-0.4, -0.2) is 23.4 Å². The summed E-state index contributed by atoms with van der Waals surface area (Å²) < 4.78 is 0. The zero-order valence-electron chi connectivity index (χ0n) is 10.6. The normalized spacial score (nSPS) is 18.4. The molecule has 0 saturated heterocycles. The number of carbonyl (C=O) groups is 1. The number of hydrogen-bond acceptors (Lipinski definition) is 2. The SMILES string of the molecule is CCC(CC)C(=O)N(C)C1(C#N)CCCC1. The van der Waals surface area contributed by atoms with E-state index in [9.17, 15) is 10.1 Å². The van der Waals surface area contributed by atoms with Crippen LogP contribution in [0, 0.1) is 17.2 Å². The largest absolute Gasteiger partial charge is 0.327 e. The highest BCUT2D eigenvalue weighted by Gasteiger charge is 2.41. The molecule has 1 aliphatic rings. The molecule has 0 unspecified atom stereocenters. The van der Waals surface area contributed by atoms with Gasteiger partial charge in [0.15, 0.2) is 0 Å². The quantitative estimate of drug-likeness (QED) is 0.734. The van der Waals surface area contributed by atoms with Gasteiger partial charge in [0, 0.05) is 13.0 Å². The monoisotopic (exact) mass is 222 g/mol. The molecule has 16 heavy (non-hydrogen) atoms. The molecule has 0 spiro atoms. The van der Waals surface area contributed by atoms with Crippen molar-refractivity contribution in [2.45, 2.75) is 57.9 Å². The second kappa shape index (κ2) is 5.34. The van der Waals surface area contributed by atoms with E-state index in [1.54, 1.807) is 11.9 Å².